The molecule has 0 saturated heterocycles. The Balaban J connectivity index is 1.66. The van der Waals surface area contributed by atoms with E-state index in [1.807, 2.05) is 48.5 Å². The lowest BCUT2D eigenvalue weighted by molar-refractivity contribution is -0.150. The molecular weight excluding hydrogens is 420 g/mol. The van der Waals surface area contributed by atoms with E-state index in [9.17, 15) is 14.4 Å². The topological polar surface area (TPSA) is 78.9 Å². The van der Waals surface area contributed by atoms with E-state index in [-0.39, 0.29) is 11.5 Å². The van der Waals surface area contributed by atoms with E-state index in [0.717, 1.165) is 22.3 Å². The third-order valence-electron chi connectivity index (χ3n) is 4.66. The molecule has 3 aromatic rings. The van der Waals surface area contributed by atoms with Gasteiger partial charge in [-0.25, -0.2) is 9.59 Å². The normalized spacial score (nSPS) is 10.2. The minimum absolute atomic E-state index is 0.213. The maximum Gasteiger partial charge on any atom is 0.349 e. The van der Waals surface area contributed by atoms with Gasteiger partial charge in [-0.3, -0.25) is 4.79 Å². The lowest BCUT2D eigenvalue weighted by Gasteiger charge is -2.09. The summed E-state index contributed by atoms with van der Waals surface area (Å²) in [6, 6.07) is 22.4. The standard InChI is InChI=1S/C27H24O6/c1-4-25(28)32-23-12-8-19(9-13-23)21-6-5-7-22(16-21)20-10-14-24(15-11-20)33-26(29)17-31-27(30)18(2)3/h5-16H,2,4,17H2,1,3H3. The van der Waals surface area contributed by atoms with Gasteiger partial charge in [0.25, 0.3) is 0 Å². The molecule has 0 fully saturated rings. The predicted molar refractivity (Wildman–Crippen MR) is 125 cm³/mol. The number of carbonyl (C=O) groups is 3. The van der Waals surface area contributed by atoms with E-state index in [0.29, 0.717) is 17.9 Å². The van der Waals surface area contributed by atoms with Crippen LogP contribution >= 0.6 is 0 Å². The third kappa shape index (κ3) is 6.64. The van der Waals surface area contributed by atoms with E-state index in [1.54, 1.807) is 31.2 Å². The lowest BCUT2D eigenvalue weighted by atomic mass is 9.99. The number of carbonyl (C=O) groups excluding carboxylic acids is 3. The smallest absolute Gasteiger partial charge is 0.349 e. The van der Waals surface area contributed by atoms with E-state index >= 15 is 0 Å². The third-order valence-corrected chi connectivity index (χ3v) is 4.66. The molecule has 0 aliphatic carbocycles. The molecule has 168 valence electrons. The van der Waals surface area contributed by atoms with Crippen molar-refractivity contribution in [2.45, 2.75) is 20.3 Å². The summed E-state index contributed by atoms with van der Waals surface area (Å²) < 4.78 is 15.2. The zero-order valence-electron chi connectivity index (χ0n) is 18.5. The monoisotopic (exact) mass is 444 g/mol. The molecule has 0 bridgehead atoms. The molecule has 0 spiro atoms. The summed E-state index contributed by atoms with van der Waals surface area (Å²) in [5, 5.41) is 0. The molecule has 3 aromatic carbocycles. The van der Waals surface area contributed by atoms with Gasteiger partial charge in [-0.05, 0) is 59.5 Å². The summed E-state index contributed by atoms with van der Waals surface area (Å²) in [4.78, 5) is 34.6. The zero-order chi connectivity index (χ0) is 23.8. The van der Waals surface area contributed by atoms with Crippen LogP contribution in [0.25, 0.3) is 22.3 Å². The van der Waals surface area contributed by atoms with Crippen molar-refractivity contribution in [1.29, 1.82) is 0 Å². The van der Waals surface area contributed by atoms with Gasteiger partial charge in [-0.15, -0.1) is 0 Å². The first kappa shape index (κ1) is 23.5. The van der Waals surface area contributed by atoms with Crippen molar-refractivity contribution in [2.24, 2.45) is 0 Å². The Morgan fingerprint density at radius 2 is 1.21 bits per heavy atom. The van der Waals surface area contributed by atoms with E-state index in [4.69, 9.17) is 14.2 Å². The fourth-order valence-electron chi connectivity index (χ4n) is 2.92. The van der Waals surface area contributed by atoms with Crippen molar-refractivity contribution in [3.05, 3.63) is 84.9 Å². The van der Waals surface area contributed by atoms with Gasteiger partial charge < -0.3 is 14.2 Å². The number of ether oxygens (including phenoxy) is 3. The molecule has 0 heterocycles. The minimum atomic E-state index is -0.674. The van der Waals surface area contributed by atoms with E-state index < -0.39 is 18.5 Å². The highest BCUT2D eigenvalue weighted by molar-refractivity contribution is 5.88. The Labute approximate surface area is 192 Å². The highest BCUT2D eigenvalue weighted by atomic mass is 16.6. The Morgan fingerprint density at radius 1 is 0.727 bits per heavy atom. The van der Waals surface area contributed by atoms with Crippen LogP contribution in [-0.4, -0.2) is 24.5 Å². The molecule has 3 rings (SSSR count). The largest absolute Gasteiger partial charge is 0.450 e. The van der Waals surface area contributed by atoms with Gasteiger partial charge in [0.05, 0.1) is 0 Å². The Bertz CT molecular complexity index is 1160. The molecule has 6 nitrogen and oxygen atoms in total. The van der Waals surface area contributed by atoms with Gasteiger partial charge >= 0.3 is 17.9 Å². The van der Waals surface area contributed by atoms with Crippen molar-refractivity contribution < 1.29 is 28.6 Å². The summed E-state index contributed by atoms with van der Waals surface area (Å²) in [7, 11) is 0. The molecule has 0 saturated carbocycles. The Morgan fingerprint density at radius 3 is 1.67 bits per heavy atom. The van der Waals surface area contributed by atoms with E-state index in [1.165, 1.54) is 6.92 Å². The summed E-state index contributed by atoms with van der Waals surface area (Å²) in [6.07, 6.45) is 0.324. The molecule has 0 radical (unpaired) electrons. The van der Waals surface area contributed by atoms with Crippen LogP contribution in [0.2, 0.25) is 0 Å². The van der Waals surface area contributed by atoms with Crippen molar-refractivity contribution in [1.82, 2.24) is 0 Å². The van der Waals surface area contributed by atoms with Crippen LogP contribution in [0.3, 0.4) is 0 Å². The number of benzene rings is 3. The molecular formula is C27H24O6. The van der Waals surface area contributed by atoms with Gasteiger partial charge in [0.1, 0.15) is 11.5 Å². The van der Waals surface area contributed by atoms with Gasteiger partial charge in [-0.2, -0.15) is 0 Å². The summed E-state index contributed by atoms with van der Waals surface area (Å²) in [5.41, 5.74) is 4.14. The maximum absolute atomic E-state index is 11.8. The summed E-state index contributed by atoms with van der Waals surface area (Å²) >= 11 is 0. The van der Waals surface area contributed by atoms with Crippen LogP contribution in [0, 0.1) is 0 Å². The molecule has 0 N–H and O–H groups in total. The molecule has 0 aliphatic heterocycles. The predicted octanol–water partition coefficient (Wildman–Crippen LogP) is 5.36. The van der Waals surface area contributed by atoms with Crippen LogP contribution < -0.4 is 9.47 Å². The summed E-state index contributed by atoms with van der Waals surface area (Å²) in [5.74, 6) is -0.720. The number of hydrogen-bond acceptors (Lipinski definition) is 6. The Hall–Kier alpha value is -4.19. The van der Waals surface area contributed by atoms with Gasteiger partial charge in [0, 0.05) is 12.0 Å². The van der Waals surface area contributed by atoms with Crippen molar-refractivity contribution in [3.63, 3.8) is 0 Å². The Kier molecular flexibility index (Phi) is 7.76. The van der Waals surface area contributed by atoms with Crippen molar-refractivity contribution in [3.8, 4) is 33.8 Å². The average Bonchev–Trinajstić information content (AvgIpc) is 2.83. The van der Waals surface area contributed by atoms with Gasteiger partial charge in [0.15, 0.2) is 6.61 Å². The number of rotatable bonds is 8. The van der Waals surface area contributed by atoms with E-state index in [2.05, 4.69) is 6.58 Å². The minimum Gasteiger partial charge on any atom is -0.450 e. The second-order valence-electron chi connectivity index (χ2n) is 7.29. The van der Waals surface area contributed by atoms with Crippen LogP contribution in [0.15, 0.2) is 84.9 Å². The van der Waals surface area contributed by atoms with Crippen LogP contribution in [0.1, 0.15) is 20.3 Å². The molecule has 0 atom stereocenters. The second-order valence-corrected chi connectivity index (χ2v) is 7.29. The fourth-order valence-corrected chi connectivity index (χ4v) is 2.92. The average molecular weight is 444 g/mol. The highest BCUT2D eigenvalue weighted by Gasteiger charge is 2.10. The number of esters is 3. The first-order valence-electron chi connectivity index (χ1n) is 10.4. The fraction of sp³-hybridized carbons (Fsp3) is 0.148. The zero-order valence-corrected chi connectivity index (χ0v) is 18.5. The van der Waals surface area contributed by atoms with Crippen LogP contribution in [-0.2, 0) is 19.1 Å². The maximum atomic E-state index is 11.8. The van der Waals surface area contributed by atoms with Crippen molar-refractivity contribution >= 4 is 17.9 Å². The summed E-state index contributed by atoms with van der Waals surface area (Å²) in [6.45, 7) is 6.22. The molecule has 6 heteroatoms. The molecule has 33 heavy (non-hydrogen) atoms. The lowest BCUT2D eigenvalue weighted by Crippen LogP contribution is -2.18. The quantitative estimate of drug-likeness (QED) is 0.264. The van der Waals surface area contributed by atoms with Gasteiger partial charge in [0.2, 0.25) is 0 Å². The van der Waals surface area contributed by atoms with Crippen LogP contribution in [0.5, 0.6) is 11.5 Å². The van der Waals surface area contributed by atoms with Crippen LogP contribution in [0.4, 0.5) is 0 Å². The molecule has 0 aliphatic rings. The molecule has 0 aromatic heterocycles. The number of hydrogen-bond donors (Lipinski definition) is 0. The first-order valence-corrected chi connectivity index (χ1v) is 10.4. The SMILES string of the molecule is C=C(C)C(=O)OCC(=O)Oc1ccc(-c2cccc(-c3ccc(OC(=O)CC)cc3)c2)cc1. The van der Waals surface area contributed by atoms with Gasteiger partial charge in [-0.1, -0.05) is 56.0 Å². The highest BCUT2D eigenvalue weighted by Crippen LogP contribution is 2.29. The van der Waals surface area contributed by atoms with Crippen molar-refractivity contribution in [2.75, 3.05) is 6.61 Å². The molecule has 0 amide bonds. The second kappa shape index (κ2) is 10.9. The first-order chi connectivity index (χ1) is 15.9. The molecule has 0 unspecified atom stereocenters.